The first-order valence-corrected chi connectivity index (χ1v) is 3.48. The molecule has 0 heterocycles. The van der Waals surface area contributed by atoms with Crippen LogP contribution in [-0.2, 0) is 0 Å². The zero-order valence-electron chi connectivity index (χ0n) is 6.75. The molecule has 0 bridgehead atoms. The molecule has 2 nitrogen and oxygen atoms in total. The molecule has 3 N–H and O–H groups in total. The number of nitrogens with one attached hydrogen (secondary N) is 1. The van der Waals surface area contributed by atoms with Gasteiger partial charge in [0.1, 0.15) is 0 Å². The maximum Gasteiger partial charge on any atom is 0.0972 e. The Hall–Kier alpha value is -1.31. The van der Waals surface area contributed by atoms with Crippen LogP contribution in [0.5, 0.6) is 0 Å². The first-order chi connectivity index (χ1) is 5.18. The molecular weight excluding hydrogens is 136 g/mol. The van der Waals surface area contributed by atoms with Gasteiger partial charge in [-0.25, -0.2) is 0 Å². The van der Waals surface area contributed by atoms with Crippen molar-refractivity contribution in [1.29, 1.82) is 5.41 Å². The summed E-state index contributed by atoms with van der Waals surface area (Å²) in [6.45, 7) is 5.40. The van der Waals surface area contributed by atoms with Crippen molar-refractivity contribution >= 4 is 5.84 Å². The monoisotopic (exact) mass is 150 g/mol. The van der Waals surface area contributed by atoms with Crippen molar-refractivity contribution in [3.8, 4) is 0 Å². The molecule has 0 spiro atoms. The Morgan fingerprint density at radius 3 is 2.55 bits per heavy atom. The van der Waals surface area contributed by atoms with Crippen molar-refractivity contribution in [3.63, 3.8) is 0 Å². The number of amidine groups is 1. The number of allylic oxidation sites excluding steroid dienone is 4. The van der Waals surface area contributed by atoms with Crippen molar-refractivity contribution in [3.05, 3.63) is 37.0 Å². The van der Waals surface area contributed by atoms with Gasteiger partial charge in [-0.1, -0.05) is 43.9 Å². The second kappa shape index (κ2) is 5.47. The summed E-state index contributed by atoms with van der Waals surface area (Å²) >= 11 is 0. The van der Waals surface area contributed by atoms with Crippen LogP contribution in [0.4, 0.5) is 0 Å². The average Bonchev–Trinajstić information content (AvgIpc) is 1.97. The molecule has 0 aromatic carbocycles. The fraction of sp³-hybridized carbons (Fsp3) is 0.222. The standard InChI is InChI=1S/C9H14N2/c1-3-4-5-6-7-8(2)9(10)11/h3-8H,1H2,2H3,(H3,10,11). The van der Waals surface area contributed by atoms with E-state index < -0.39 is 0 Å². The third-order valence-electron chi connectivity index (χ3n) is 1.25. The lowest BCUT2D eigenvalue weighted by molar-refractivity contribution is 0.969. The lowest BCUT2D eigenvalue weighted by Crippen LogP contribution is -2.17. The van der Waals surface area contributed by atoms with Crippen molar-refractivity contribution in [2.45, 2.75) is 6.92 Å². The van der Waals surface area contributed by atoms with Crippen LogP contribution in [0, 0.1) is 11.3 Å². The molecule has 0 saturated heterocycles. The predicted octanol–water partition coefficient (Wildman–Crippen LogP) is 1.86. The van der Waals surface area contributed by atoms with Crippen LogP contribution in [0.15, 0.2) is 37.0 Å². The van der Waals surface area contributed by atoms with Crippen LogP contribution in [-0.4, -0.2) is 5.84 Å². The van der Waals surface area contributed by atoms with Crippen molar-refractivity contribution in [1.82, 2.24) is 0 Å². The molecule has 0 fully saturated rings. The lowest BCUT2D eigenvalue weighted by atomic mass is 10.1. The molecule has 0 aromatic rings. The number of rotatable bonds is 4. The summed E-state index contributed by atoms with van der Waals surface area (Å²) < 4.78 is 0. The summed E-state index contributed by atoms with van der Waals surface area (Å²) in [5.41, 5.74) is 5.24. The molecule has 0 amide bonds. The van der Waals surface area contributed by atoms with Crippen LogP contribution in [0.1, 0.15) is 6.92 Å². The highest BCUT2D eigenvalue weighted by atomic mass is 14.7. The SMILES string of the molecule is C=CC=CC=CC(C)C(=N)N. The van der Waals surface area contributed by atoms with Gasteiger partial charge in [0.05, 0.1) is 5.84 Å². The van der Waals surface area contributed by atoms with Crippen LogP contribution >= 0.6 is 0 Å². The second-order valence-corrected chi connectivity index (χ2v) is 2.25. The molecule has 0 radical (unpaired) electrons. The molecule has 0 aliphatic carbocycles. The highest BCUT2D eigenvalue weighted by Gasteiger charge is 1.96. The van der Waals surface area contributed by atoms with Gasteiger partial charge in [0.25, 0.3) is 0 Å². The van der Waals surface area contributed by atoms with Gasteiger partial charge in [-0.2, -0.15) is 0 Å². The third kappa shape index (κ3) is 5.15. The van der Waals surface area contributed by atoms with E-state index in [1.54, 1.807) is 6.08 Å². The van der Waals surface area contributed by atoms with Gasteiger partial charge in [0.15, 0.2) is 0 Å². The van der Waals surface area contributed by atoms with Crippen molar-refractivity contribution < 1.29 is 0 Å². The maximum atomic E-state index is 7.06. The number of hydrogen-bond acceptors (Lipinski definition) is 1. The zero-order valence-corrected chi connectivity index (χ0v) is 6.75. The lowest BCUT2D eigenvalue weighted by Gasteiger charge is -1.99. The molecule has 0 aliphatic heterocycles. The quantitative estimate of drug-likeness (QED) is 0.358. The summed E-state index contributed by atoms with van der Waals surface area (Å²) in [4.78, 5) is 0. The van der Waals surface area contributed by atoms with Gasteiger partial charge in [0, 0.05) is 5.92 Å². The van der Waals surface area contributed by atoms with Crippen molar-refractivity contribution in [2.24, 2.45) is 11.7 Å². The Labute approximate surface area is 67.6 Å². The van der Waals surface area contributed by atoms with Gasteiger partial charge >= 0.3 is 0 Å². The van der Waals surface area contributed by atoms with Gasteiger partial charge in [-0.3, -0.25) is 5.41 Å². The Kier molecular flexibility index (Phi) is 4.82. The van der Waals surface area contributed by atoms with Crippen LogP contribution < -0.4 is 5.73 Å². The van der Waals surface area contributed by atoms with E-state index in [0.29, 0.717) is 0 Å². The highest BCUT2D eigenvalue weighted by Crippen LogP contribution is 1.95. The van der Waals surface area contributed by atoms with E-state index in [9.17, 15) is 0 Å². The first kappa shape index (κ1) is 9.69. The van der Waals surface area contributed by atoms with E-state index in [-0.39, 0.29) is 11.8 Å². The Morgan fingerprint density at radius 2 is 2.09 bits per heavy atom. The van der Waals surface area contributed by atoms with Crippen molar-refractivity contribution in [2.75, 3.05) is 0 Å². The molecular formula is C9H14N2. The first-order valence-electron chi connectivity index (χ1n) is 3.48. The van der Waals surface area contributed by atoms with E-state index in [1.807, 2.05) is 31.2 Å². The number of hydrogen-bond donors (Lipinski definition) is 2. The Balaban J connectivity index is 3.82. The largest absolute Gasteiger partial charge is 0.387 e. The van der Waals surface area contributed by atoms with Gasteiger partial charge in [0.2, 0.25) is 0 Å². The third-order valence-corrected chi connectivity index (χ3v) is 1.25. The molecule has 0 aliphatic rings. The van der Waals surface area contributed by atoms with Gasteiger partial charge < -0.3 is 5.73 Å². The molecule has 0 saturated carbocycles. The highest BCUT2D eigenvalue weighted by molar-refractivity contribution is 5.80. The van der Waals surface area contributed by atoms with Gasteiger partial charge in [-0.15, -0.1) is 0 Å². The topological polar surface area (TPSA) is 49.9 Å². The van der Waals surface area contributed by atoms with E-state index in [0.717, 1.165) is 0 Å². The normalized spacial score (nSPS) is 13.9. The average molecular weight is 150 g/mol. The molecule has 0 aromatic heterocycles. The van der Waals surface area contributed by atoms with Crippen LogP contribution in [0.2, 0.25) is 0 Å². The van der Waals surface area contributed by atoms with E-state index >= 15 is 0 Å². The molecule has 0 rings (SSSR count). The summed E-state index contributed by atoms with van der Waals surface area (Å²) in [6.07, 6.45) is 9.09. The fourth-order valence-corrected chi connectivity index (χ4v) is 0.477. The summed E-state index contributed by atoms with van der Waals surface area (Å²) in [5.74, 6) is 0.206. The minimum absolute atomic E-state index is 0.0180. The Morgan fingerprint density at radius 1 is 1.45 bits per heavy atom. The second-order valence-electron chi connectivity index (χ2n) is 2.25. The smallest absolute Gasteiger partial charge is 0.0972 e. The number of nitrogens with two attached hydrogens (primary N) is 1. The minimum atomic E-state index is 0.0180. The van der Waals surface area contributed by atoms with Crippen LogP contribution in [0.3, 0.4) is 0 Å². The summed E-state index contributed by atoms with van der Waals surface area (Å²) in [7, 11) is 0. The summed E-state index contributed by atoms with van der Waals surface area (Å²) in [6, 6.07) is 0. The molecule has 60 valence electrons. The fourth-order valence-electron chi connectivity index (χ4n) is 0.477. The molecule has 2 heteroatoms. The predicted molar refractivity (Wildman–Crippen MR) is 49.6 cm³/mol. The molecule has 1 unspecified atom stereocenters. The van der Waals surface area contributed by atoms with E-state index in [4.69, 9.17) is 11.1 Å². The van der Waals surface area contributed by atoms with E-state index in [2.05, 4.69) is 6.58 Å². The molecule has 1 atom stereocenters. The van der Waals surface area contributed by atoms with Crippen LogP contribution in [0.25, 0.3) is 0 Å². The molecule has 11 heavy (non-hydrogen) atoms. The van der Waals surface area contributed by atoms with Gasteiger partial charge in [-0.05, 0) is 0 Å². The Bertz CT molecular complexity index is 190. The minimum Gasteiger partial charge on any atom is -0.387 e. The summed E-state index contributed by atoms with van der Waals surface area (Å²) in [5, 5.41) is 7.06. The zero-order chi connectivity index (χ0) is 8.69. The maximum absolute atomic E-state index is 7.06. The van der Waals surface area contributed by atoms with E-state index in [1.165, 1.54) is 0 Å².